The van der Waals surface area contributed by atoms with Crippen LogP contribution in [0.3, 0.4) is 0 Å². The number of rotatable bonds is 18. The average molecular weight is 1090 g/mol. The normalized spacial score (nSPS) is 10.7. The zero-order valence-corrected chi connectivity index (χ0v) is 41.7. The highest BCUT2D eigenvalue weighted by molar-refractivity contribution is 9.11. The smallest absolute Gasteiger partial charge is 0.194 e. The monoisotopic (exact) mass is 1090 g/mol. The van der Waals surface area contributed by atoms with Gasteiger partial charge in [-0.25, -0.2) is 0 Å². The fourth-order valence-electron chi connectivity index (χ4n) is 7.34. The summed E-state index contributed by atoms with van der Waals surface area (Å²) >= 11 is 6.88. The predicted octanol–water partition coefficient (Wildman–Crippen LogP) is 18.2. The van der Waals surface area contributed by atoms with Crippen molar-refractivity contribution in [1.29, 1.82) is 0 Å². The fraction of sp³-hybridized carbons (Fsp3) is 0. The van der Waals surface area contributed by atoms with Gasteiger partial charge in [0.15, 0.2) is 11.6 Å². The highest BCUT2D eigenvalue weighted by Crippen LogP contribution is 2.34. The second-order valence-electron chi connectivity index (χ2n) is 16.2. The van der Waals surface area contributed by atoms with Crippen molar-refractivity contribution >= 4 is 43.4 Å². The van der Waals surface area contributed by atoms with Crippen LogP contribution in [0.4, 0.5) is 0 Å². The summed E-state index contributed by atoms with van der Waals surface area (Å²) in [5.41, 5.74) is 2.12. The quantitative estimate of drug-likeness (QED) is 0.0778. The molecule has 73 heavy (non-hydrogen) atoms. The Balaban J connectivity index is 0.653. The maximum absolute atomic E-state index is 13.3. The molecule has 9 nitrogen and oxygen atoms in total. The molecule has 0 saturated carbocycles. The number of hydrogen-bond acceptors (Lipinski definition) is 9. The largest absolute Gasteiger partial charge is 0.457 e. The molecule has 0 aliphatic rings. The molecule has 0 fully saturated rings. The van der Waals surface area contributed by atoms with Gasteiger partial charge in [-0.3, -0.25) is 9.59 Å². The minimum absolute atomic E-state index is 0.108. The molecule has 0 atom stereocenters. The first-order chi connectivity index (χ1) is 35.7. The van der Waals surface area contributed by atoms with Gasteiger partial charge in [-0.05, 0) is 224 Å². The van der Waals surface area contributed by atoms with Crippen LogP contribution in [-0.4, -0.2) is 11.6 Å². The molecule has 0 heterocycles. The average Bonchev–Trinajstić information content (AvgIpc) is 3.43. The first kappa shape index (κ1) is 47.8. The van der Waals surface area contributed by atoms with Gasteiger partial charge >= 0.3 is 0 Å². The van der Waals surface area contributed by atoms with Gasteiger partial charge in [0.2, 0.25) is 0 Å². The zero-order chi connectivity index (χ0) is 49.9. The maximum Gasteiger partial charge on any atom is 0.194 e. The molecule has 0 spiro atoms. The van der Waals surface area contributed by atoms with Gasteiger partial charge in [-0.15, -0.1) is 0 Å². The van der Waals surface area contributed by atoms with E-state index >= 15 is 0 Å². The van der Waals surface area contributed by atoms with Crippen molar-refractivity contribution < 1.29 is 42.7 Å². The van der Waals surface area contributed by atoms with Crippen LogP contribution in [0.25, 0.3) is 0 Å². The summed E-state index contributed by atoms with van der Waals surface area (Å²) in [4.78, 5) is 26.4. The standard InChI is InChI=1S/C62H40Br2O9/c63-44-12-39-60(64)59(40-44)62(66)43-10-17-48(18-11-43)68-46-13-6-41(7-14-46)61(65)42-8-15-47(16-9-42)69-50-23-25-52(26-24-50)71-54-31-33-56(34-32-54)73-58-37-35-57(36-38-58)72-55-29-27-53(28-30-55)70-51-21-19-49(20-22-51)67-45-4-2-1-3-5-45/h1-40H. The second-order valence-corrected chi connectivity index (χ2v) is 18.0. The molecular formula is C62H40Br2O9. The van der Waals surface area contributed by atoms with Gasteiger partial charge in [0, 0.05) is 31.2 Å². The molecule has 0 amide bonds. The van der Waals surface area contributed by atoms with Crippen LogP contribution in [0.5, 0.6) is 80.5 Å². The number of carbonyl (C=O) groups is 2. The van der Waals surface area contributed by atoms with Crippen LogP contribution in [0.2, 0.25) is 0 Å². The molecule has 0 unspecified atom stereocenters. The van der Waals surface area contributed by atoms with Crippen molar-refractivity contribution in [1.82, 2.24) is 0 Å². The third kappa shape index (κ3) is 12.7. The van der Waals surface area contributed by atoms with Crippen molar-refractivity contribution in [3.8, 4) is 80.5 Å². The molecule has 0 saturated heterocycles. The van der Waals surface area contributed by atoms with E-state index in [9.17, 15) is 9.59 Å². The van der Waals surface area contributed by atoms with E-state index in [1.807, 2.05) is 164 Å². The molecule has 10 aromatic rings. The summed E-state index contributed by atoms with van der Waals surface area (Å²) in [6.07, 6.45) is 0. The third-order valence-corrected chi connectivity index (χ3v) is 12.2. The van der Waals surface area contributed by atoms with Crippen molar-refractivity contribution in [2.75, 3.05) is 0 Å². The van der Waals surface area contributed by atoms with Crippen LogP contribution in [0.15, 0.2) is 252 Å². The molecule has 356 valence electrons. The Morgan fingerprint density at radius 2 is 0.466 bits per heavy atom. The predicted molar refractivity (Wildman–Crippen MR) is 287 cm³/mol. The SMILES string of the molecule is O=C(c1ccc(Oc2ccc(Oc3ccc(Oc4ccc(Oc5ccc(Oc6ccc(Oc7ccccc7)cc6)cc5)cc4)cc3)cc2)cc1)c1ccc(Oc2ccc(C(=O)c3cc(Br)ccc3Br)cc2)cc1. The highest BCUT2D eigenvalue weighted by Gasteiger charge is 2.15. The minimum atomic E-state index is -0.138. The summed E-state index contributed by atoms with van der Waals surface area (Å²) in [5.74, 6) is 8.84. The van der Waals surface area contributed by atoms with E-state index in [2.05, 4.69) is 31.9 Å². The summed E-state index contributed by atoms with van der Waals surface area (Å²) in [5, 5.41) is 0. The zero-order valence-electron chi connectivity index (χ0n) is 38.5. The second kappa shape index (κ2) is 22.5. The summed E-state index contributed by atoms with van der Waals surface area (Å²) in [7, 11) is 0. The van der Waals surface area contributed by atoms with E-state index in [4.69, 9.17) is 33.2 Å². The molecule has 11 heteroatoms. The molecule has 0 bridgehead atoms. The van der Waals surface area contributed by atoms with Gasteiger partial charge in [0.25, 0.3) is 0 Å². The molecule has 0 aromatic heterocycles. The Labute approximate surface area is 438 Å². The van der Waals surface area contributed by atoms with E-state index in [0.29, 0.717) is 91.2 Å². The number of hydrogen-bond donors (Lipinski definition) is 0. The van der Waals surface area contributed by atoms with Crippen LogP contribution >= 0.6 is 31.9 Å². The lowest BCUT2D eigenvalue weighted by Gasteiger charge is -2.11. The summed E-state index contributed by atoms with van der Waals surface area (Å²) in [6, 6.07) is 72.8. The molecule has 0 aliphatic heterocycles. The van der Waals surface area contributed by atoms with Crippen LogP contribution in [0, 0.1) is 0 Å². The van der Waals surface area contributed by atoms with Crippen molar-refractivity contribution in [2.24, 2.45) is 0 Å². The first-order valence-corrected chi connectivity index (χ1v) is 24.4. The molecular weight excluding hydrogens is 1050 g/mol. The van der Waals surface area contributed by atoms with E-state index in [-0.39, 0.29) is 11.6 Å². The lowest BCUT2D eigenvalue weighted by molar-refractivity contribution is 0.103. The van der Waals surface area contributed by atoms with E-state index < -0.39 is 0 Å². The van der Waals surface area contributed by atoms with Gasteiger partial charge < -0.3 is 33.2 Å². The van der Waals surface area contributed by atoms with Gasteiger partial charge in [-0.1, -0.05) is 50.1 Å². The lowest BCUT2D eigenvalue weighted by Crippen LogP contribution is -2.02. The first-order valence-electron chi connectivity index (χ1n) is 22.9. The Bertz CT molecular complexity index is 3460. The minimum Gasteiger partial charge on any atom is -0.457 e. The maximum atomic E-state index is 13.3. The van der Waals surface area contributed by atoms with Crippen molar-refractivity contribution in [3.05, 3.63) is 274 Å². The molecule has 0 N–H and O–H groups in total. The van der Waals surface area contributed by atoms with Crippen LogP contribution < -0.4 is 33.2 Å². The summed E-state index contributed by atoms with van der Waals surface area (Å²) < 4.78 is 43.7. The van der Waals surface area contributed by atoms with Gasteiger partial charge in [0.05, 0.1) is 0 Å². The highest BCUT2D eigenvalue weighted by atomic mass is 79.9. The Hall–Kier alpha value is -8.90. The molecule has 0 aliphatic carbocycles. The lowest BCUT2D eigenvalue weighted by atomic mass is 10.0. The third-order valence-electron chi connectivity index (χ3n) is 11.0. The van der Waals surface area contributed by atoms with Crippen LogP contribution in [0.1, 0.15) is 31.8 Å². The molecule has 0 radical (unpaired) electrons. The number of ketones is 2. The fourth-order valence-corrected chi connectivity index (χ4v) is 8.12. The number of benzene rings is 10. The van der Waals surface area contributed by atoms with Gasteiger partial charge in [-0.2, -0.15) is 0 Å². The topological polar surface area (TPSA) is 98.8 Å². The van der Waals surface area contributed by atoms with Crippen molar-refractivity contribution in [3.63, 3.8) is 0 Å². The Morgan fingerprint density at radius 3 is 0.726 bits per heavy atom. The Kier molecular flexibility index (Phi) is 14.7. The summed E-state index contributed by atoms with van der Waals surface area (Å²) in [6.45, 7) is 0. The van der Waals surface area contributed by atoms with Crippen molar-refractivity contribution in [2.45, 2.75) is 0 Å². The number of carbonyl (C=O) groups excluding carboxylic acids is 2. The van der Waals surface area contributed by atoms with E-state index in [1.54, 1.807) is 78.9 Å². The number of para-hydroxylation sites is 1. The Morgan fingerprint density at radius 1 is 0.247 bits per heavy atom. The van der Waals surface area contributed by atoms with E-state index in [0.717, 1.165) is 20.4 Å². The number of ether oxygens (including phenoxy) is 7. The van der Waals surface area contributed by atoms with Gasteiger partial charge in [0.1, 0.15) is 80.5 Å². The van der Waals surface area contributed by atoms with Crippen LogP contribution in [-0.2, 0) is 0 Å². The molecule has 10 rings (SSSR count). The number of halogens is 2. The van der Waals surface area contributed by atoms with E-state index in [1.165, 1.54) is 0 Å². The molecule has 10 aromatic carbocycles.